The highest BCUT2D eigenvalue weighted by Gasteiger charge is 2.28. The number of morpholine rings is 1. The van der Waals surface area contributed by atoms with E-state index in [4.69, 9.17) is 4.74 Å². The second kappa shape index (κ2) is 8.69. The molecule has 31 heavy (non-hydrogen) atoms. The molecule has 0 amide bonds. The molecule has 160 valence electrons. The van der Waals surface area contributed by atoms with Crippen LogP contribution >= 0.6 is 0 Å². The molecule has 0 spiro atoms. The Morgan fingerprint density at radius 3 is 2.61 bits per heavy atom. The number of rotatable bonds is 6. The predicted octanol–water partition coefficient (Wildman–Crippen LogP) is 3.54. The highest BCUT2D eigenvalue weighted by Crippen LogP contribution is 2.31. The van der Waals surface area contributed by atoms with Crippen LogP contribution in [-0.2, 0) is 11.3 Å². The van der Waals surface area contributed by atoms with Crippen LogP contribution < -0.4 is 4.90 Å². The molecule has 1 unspecified atom stereocenters. The van der Waals surface area contributed by atoms with Gasteiger partial charge in [-0.15, -0.1) is 0 Å². The first-order valence-electron chi connectivity index (χ1n) is 10.2. The zero-order valence-electron chi connectivity index (χ0n) is 17.5. The van der Waals surface area contributed by atoms with Gasteiger partial charge in [-0.2, -0.15) is 5.10 Å². The minimum absolute atomic E-state index is 0.0754. The Labute approximate surface area is 180 Å². The average Bonchev–Trinajstić information content (AvgIpc) is 3.10. The van der Waals surface area contributed by atoms with Crippen molar-refractivity contribution < 1.29 is 14.5 Å². The minimum Gasteiger partial charge on any atom is -0.373 e. The summed E-state index contributed by atoms with van der Waals surface area (Å²) in [6.07, 6.45) is -0.142. The average molecular weight is 420 g/mol. The van der Waals surface area contributed by atoms with Crippen LogP contribution in [0, 0.1) is 24.0 Å². The summed E-state index contributed by atoms with van der Waals surface area (Å²) in [4.78, 5) is 26.1. The van der Waals surface area contributed by atoms with E-state index >= 15 is 0 Å². The van der Waals surface area contributed by atoms with Gasteiger partial charge in [0, 0.05) is 36.0 Å². The Morgan fingerprint density at radius 1 is 1.16 bits per heavy atom. The molecule has 8 heteroatoms. The lowest BCUT2D eigenvalue weighted by Gasteiger charge is -2.34. The fourth-order valence-electron chi connectivity index (χ4n) is 3.94. The van der Waals surface area contributed by atoms with E-state index in [1.54, 1.807) is 36.4 Å². The molecule has 8 nitrogen and oxygen atoms in total. The quantitative estimate of drug-likeness (QED) is 0.344. The fourth-order valence-corrected chi connectivity index (χ4v) is 3.94. The van der Waals surface area contributed by atoms with Gasteiger partial charge in [0.05, 0.1) is 29.9 Å². The maximum atomic E-state index is 12.7. The van der Waals surface area contributed by atoms with E-state index in [1.165, 1.54) is 6.07 Å². The van der Waals surface area contributed by atoms with Gasteiger partial charge in [-0.25, -0.2) is 0 Å². The lowest BCUT2D eigenvalue weighted by atomic mass is 10.0. The highest BCUT2D eigenvalue weighted by atomic mass is 16.6. The molecule has 0 radical (unpaired) electrons. The maximum Gasteiger partial charge on any atom is 0.293 e. The Bertz CT molecular complexity index is 1110. The zero-order valence-corrected chi connectivity index (χ0v) is 17.5. The summed E-state index contributed by atoms with van der Waals surface area (Å²) in [6.45, 7) is 6.03. The number of nitrogens with zero attached hydrogens (tertiary/aromatic N) is 4. The predicted molar refractivity (Wildman–Crippen MR) is 117 cm³/mol. The summed E-state index contributed by atoms with van der Waals surface area (Å²) in [5.74, 6) is -0.236. The van der Waals surface area contributed by atoms with Crippen LogP contribution in [0.4, 0.5) is 11.4 Å². The van der Waals surface area contributed by atoms with E-state index < -0.39 is 4.92 Å². The van der Waals surface area contributed by atoms with Gasteiger partial charge in [0.1, 0.15) is 5.69 Å². The summed E-state index contributed by atoms with van der Waals surface area (Å²) in [5.41, 5.74) is 3.22. The molecular formula is C23H24N4O4. The fraction of sp³-hybridized carbons (Fsp3) is 0.304. The van der Waals surface area contributed by atoms with Crippen molar-refractivity contribution in [1.29, 1.82) is 0 Å². The number of benzene rings is 2. The monoisotopic (exact) mass is 420 g/mol. The molecule has 4 rings (SSSR count). The van der Waals surface area contributed by atoms with Gasteiger partial charge in [-0.1, -0.05) is 30.3 Å². The molecule has 1 saturated heterocycles. The molecule has 3 aromatic rings. The lowest BCUT2D eigenvalue weighted by molar-refractivity contribution is -0.384. The van der Waals surface area contributed by atoms with Gasteiger partial charge >= 0.3 is 0 Å². The topological polar surface area (TPSA) is 90.5 Å². The molecule has 2 aromatic carbocycles. The van der Waals surface area contributed by atoms with E-state index in [9.17, 15) is 14.9 Å². The van der Waals surface area contributed by atoms with Crippen LogP contribution in [0.25, 0.3) is 0 Å². The van der Waals surface area contributed by atoms with E-state index in [-0.39, 0.29) is 17.6 Å². The molecule has 1 fully saturated rings. The third kappa shape index (κ3) is 4.49. The SMILES string of the molecule is Cc1cc(C)n(CC2CN(c3ccc(C(=O)c4ccccc4)cc3[N+](=O)[O-])CCO2)n1. The van der Waals surface area contributed by atoms with E-state index in [1.807, 2.05) is 35.6 Å². The third-order valence-corrected chi connectivity index (χ3v) is 5.43. The van der Waals surface area contributed by atoms with Crippen molar-refractivity contribution in [3.05, 3.63) is 87.2 Å². The number of carbonyl (C=O) groups is 1. The number of ketones is 1. The lowest BCUT2D eigenvalue weighted by Crippen LogP contribution is -2.44. The second-order valence-corrected chi connectivity index (χ2v) is 7.70. The van der Waals surface area contributed by atoms with Crippen molar-refractivity contribution in [2.24, 2.45) is 0 Å². The van der Waals surface area contributed by atoms with Gasteiger partial charge in [-0.05, 0) is 32.0 Å². The Hall–Kier alpha value is -3.52. The van der Waals surface area contributed by atoms with Crippen LogP contribution in [0.2, 0.25) is 0 Å². The van der Waals surface area contributed by atoms with Crippen molar-refractivity contribution in [2.75, 3.05) is 24.6 Å². The normalized spacial score (nSPS) is 16.3. The number of aromatic nitrogens is 2. The molecule has 0 N–H and O–H groups in total. The zero-order chi connectivity index (χ0) is 22.0. The molecule has 1 aromatic heterocycles. The number of ether oxygens (including phenoxy) is 1. The summed E-state index contributed by atoms with van der Waals surface area (Å²) < 4.78 is 7.79. The van der Waals surface area contributed by atoms with Crippen molar-refractivity contribution in [3.8, 4) is 0 Å². The van der Waals surface area contributed by atoms with Crippen molar-refractivity contribution >= 4 is 17.2 Å². The molecule has 0 aliphatic carbocycles. The van der Waals surface area contributed by atoms with Gasteiger partial charge in [0.25, 0.3) is 5.69 Å². The second-order valence-electron chi connectivity index (χ2n) is 7.70. The van der Waals surface area contributed by atoms with Gasteiger partial charge in [0.15, 0.2) is 5.78 Å². The summed E-state index contributed by atoms with van der Waals surface area (Å²) >= 11 is 0. The van der Waals surface area contributed by atoms with Gasteiger partial charge in [-0.3, -0.25) is 19.6 Å². The van der Waals surface area contributed by atoms with Crippen molar-refractivity contribution in [1.82, 2.24) is 9.78 Å². The third-order valence-electron chi connectivity index (χ3n) is 5.43. The summed E-state index contributed by atoms with van der Waals surface area (Å²) in [7, 11) is 0. The van der Waals surface area contributed by atoms with Crippen LogP contribution in [0.1, 0.15) is 27.3 Å². The Balaban J connectivity index is 1.57. The largest absolute Gasteiger partial charge is 0.373 e. The van der Waals surface area contributed by atoms with Crippen LogP contribution in [0.15, 0.2) is 54.6 Å². The minimum atomic E-state index is -0.428. The number of hydrogen-bond donors (Lipinski definition) is 0. The number of anilines is 1. The van der Waals surface area contributed by atoms with Crippen molar-refractivity contribution in [2.45, 2.75) is 26.5 Å². The first kappa shape index (κ1) is 20.7. The van der Waals surface area contributed by atoms with Gasteiger partial charge in [0.2, 0.25) is 0 Å². The number of nitro benzene ring substituents is 1. The number of hydrogen-bond acceptors (Lipinski definition) is 6. The molecule has 0 bridgehead atoms. The number of nitro groups is 1. The van der Waals surface area contributed by atoms with E-state index in [2.05, 4.69) is 5.10 Å². The molecule has 1 atom stereocenters. The first-order valence-corrected chi connectivity index (χ1v) is 10.2. The van der Waals surface area contributed by atoms with Crippen LogP contribution in [0.5, 0.6) is 0 Å². The van der Waals surface area contributed by atoms with Crippen LogP contribution in [0.3, 0.4) is 0 Å². The molecule has 1 aliphatic heterocycles. The highest BCUT2D eigenvalue weighted by molar-refractivity contribution is 6.09. The van der Waals surface area contributed by atoms with Crippen LogP contribution in [-0.4, -0.2) is 46.3 Å². The van der Waals surface area contributed by atoms with Gasteiger partial charge < -0.3 is 9.64 Å². The molecule has 1 aliphatic rings. The molecular weight excluding hydrogens is 396 g/mol. The Kier molecular flexibility index (Phi) is 5.81. The first-order chi connectivity index (χ1) is 14.9. The van der Waals surface area contributed by atoms with E-state index in [0.717, 1.165) is 11.4 Å². The number of aryl methyl sites for hydroxylation is 2. The summed E-state index contributed by atoms with van der Waals surface area (Å²) in [6, 6.07) is 15.5. The number of carbonyl (C=O) groups excluding carboxylic acids is 1. The van der Waals surface area contributed by atoms with Crippen molar-refractivity contribution in [3.63, 3.8) is 0 Å². The standard InChI is InChI=1S/C23H24N4O4/c1-16-12-17(2)26(24-16)15-20-14-25(10-11-31-20)21-9-8-19(13-22(21)27(29)30)23(28)18-6-4-3-5-7-18/h3-9,12-13,20H,10-11,14-15H2,1-2H3. The Morgan fingerprint density at radius 2 is 1.94 bits per heavy atom. The summed E-state index contributed by atoms with van der Waals surface area (Å²) in [5, 5.41) is 16.3. The molecule has 2 heterocycles. The molecule has 0 saturated carbocycles. The maximum absolute atomic E-state index is 12.7. The van der Waals surface area contributed by atoms with E-state index in [0.29, 0.717) is 43.1 Å². The smallest absolute Gasteiger partial charge is 0.293 e.